The van der Waals surface area contributed by atoms with Crippen LogP contribution in [-0.4, -0.2) is 52.4 Å². The molecular formula is C11H16N2O6S2. The third-order valence-electron chi connectivity index (χ3n) is 2.98. The molecule has 0 aliphatic carbocycles. The minimum atomic E-state index is -4.01. The van der Waals surface area contributed by atoms with Gasteiger partial charge in [0, 0.05) is 7.05 Å². The van der Waals surface area contributed by atoms with Crippen molar-refractivity contribution in [1.29, 1.82) is 0 Å². The molecular weight excluding hydrogens is 320 g/mol. The van der Waals surface area contributed by atoms with Gasteiger partial charge in [-0.15, -0.1) is 0 Å². The average Bonchev–Trinajstić information content (AvgIpc) is 2.45. The highest BCUT2D eigenvalue weighted by molar-refractivity contribution is 7.89. The van der Waals surface area contributed by atoms with Crippen LogP contribution in [-0.2, 0) is 24.8 Å². The lowest BCUT2D eigenvalue weighted by Crippen LogP contribution is -2.40. The van der Waals surface area contributed by atoms with E-state index < -0.39 is 32.1 Å². The molecule has 0 aliphatic heterocycles. The molecule has 2 N–H and O–H groups in total. The summed E-state index contributed by atoms with van der Waals surface area (Å²) >= 11 is 0. The van der Waals surface area contributed by atoms with Crippen molar-refractivity contribution in [3.05, 3.63) is 24.3 Å². The van der Waals surface area contributed by atoms with Gasteiger partial charge in [0.25, 0.3) is 0 Å². The summed E-state index contributed by atoms with van der Waals surface area (Å²) < 4.78 is 50.3. The van der Waals surface area contributed by atoms with E-state index in [4.69, 9.17) is 5.11 Å². The first-order valence-corrected chi connectivity index (χ1v) is 8.71. The van der Waals surface area contributed by atoms with Gasteiger partial charge in [-0.2, -0.15) is 4.31 Å². The lowest BCUT2D eigenvalue weighted by molar-refractivity contribution is -0.140. The lowest BCUT2D eigenvalue weighted by atomic mass is 10.4. The molecule has 1 unspecified atom stereocenters. The van der Waals surface area contributed by atoms with Crippen LogP contribution in [0.3, 0.4) is 0 Å². The lowest BCUT2D eigenvalue weighted by Gasteiger charge is -2.21. The van der Waals surface area contributed by atoms with Crippen molar-refractivity contribution in [3.63, 3.8) is 0 Å². The predicted molar refractivity (Wildman–Crippen MR) is 74.7 cm³/mol. The maximum Gasteiger partial charge on any atom is 0.321 e. The number of sulfonamides is 2. The minimum Gasteiger partial charge on any atom is -0.480 e. The van der Waals surface area contributed by atoms with E-state index in [1.807, 2.05) is 0 Å². The quantitative estimate of drug-likeness (QED) is 0.735. The van der Waals surface area contributed by atoms with Crippen molar-refractivity contribution in [3.8, 4) is 0 Å². The van der Waals surface area contributed by atoms with Crippen molar-refractivity contribution in [2.24, 2.45) is 0 Å². The maximum absolute atomic E-state index is 12.2. The van der Waals surface area contributed by atoms with E-state index in [0.29, 0.717) is 4.31 Å². The van der Waals surface area contributed by atoms with Crippen LogP contribution in [0.4, 0.5) is 0 Å². The number of carboxylic acids is 1. The van der Waals surface area contributed by atoms with Crippen molar-refractivity contribution < 1.29 is 26.7 Å². The first-order valence-electron chi connectivity index (χ1n) is 5.78. The van der Waals surface area contributed by atoms with Crippen LogP contribution < -0.4 is 4.72 Å². The Morgan fingerprint density at radius 2 is 1.57 bits per heavy atom. The van der Waals surface area contributed by atoms with Gasteiger partial charge in [0.05, 0.1) is 9.79 Å². The van der Waals surface area contributed by atoms with Crippen LogP contribution in [0.25, 0.3) is 0 Å². The third kappa shape index (κ3) is 3.59. The zero-order valence-corrected chi connectivity index (χ0v) is 13.3. The van der Waals surface area contributed by atoms with Gasteiger partial charge in [-0.1, -0.05) is 0 Å². The zero-order valence-electron chi connectivity index (χ0n) is 11.6. The third-order valence-corrected chi connectivity index (χ3v) is 6.36. The summed E-state index contributed by atoms with van der Waals surface area (Å²) in [6.45, 7) is 1.24. The standard InChI is InChI=1S/C11H16N2O6S2/c1-8(11(14)15)13(3)21(18,19)10-6-4-9(5-7-10)20(16,17)12-2/h4-8,12H,1-3H3,(H,14,15). The molecule has 10 heteroatoms. The Hall–Kier alpha value is -1.49. The normalized spacial score (nSPS) is 14.1. The molecule has 0 saturated heterocycles. The van der Waals surface area contributed by atoms with E-state index >= 15 is 0 Å². The number of aliphatic carboxylic acids is 1. The zero-order chi connectivity index (χ0) is 16.4. The van der Waals surface area contributed by atoms with E-state index in [9.17, 15) is 21.6 Å². The molecule has 0 saturated carbocycles. The van der Waals surface area contributed by atoms with Crippen molar-refractivity contribution in [1.82, 2.24) is 9.03 Å². The Bertz CT molecular complexity index is 724. The summed E-state index contributed by atoms with van der Waals surface area (Å²) in [6.07, 6.45) is 0. The fourth-order valence-electron chi connectivity index (χ4n) is 1.44. The first-order chi connectivity index (χ1) is 9.54. The molecule has 0 bridgehead atoms. The molecule has 0 radical (unpaired) electrons. The van der Waals surface area contributed by atoms with E-state index in [0.717, 1.165) is 31.3 Å². The highest BCUT2D eigenvalue weighted by Gasteiger charge is 2.29. The summed E-state index contributed by atoms with van der Waals surface area (Å²) in [7, 11) is -5.29. The number of rotatable bonds is 6. The number of nitrogens with one attached hydrogen (secondary N) is 1. The number of hydrogen-bond acceptors (Lipinski definition) is 5. The second-order valence-corrected chi connectivity index (χ2v) is 8.10. The number of benzene rings is 1. The molecule has 0 fully saturated rings. The molecule has 0 spiro atoms. The molecule has 0 aliphatic rings. The Labute approximate surface area is 123 Å². The van der Waals surface area contributed by atoms with E-state index in [-0.39, 0.29) is 9.79 Å². The highest BCUT2D eigenvalue weighted by atomic mass is 32.2. The summed E-state index contributed by atoms with van der Waals surface area (Å²) in [5.41, 5.74) is 0. The smallest absolute Gasteiger partial charge is 0.321 e. The fraction of sp³-hybridized carbons (Fsp3) is 0.364. The van der Waals surface area contributed by atoms with Gasteiger partial charge in [-0.05, 0) is 38.2 Å². The number of carbonyl (C=O) groups is 1. The number of hydrogen-bond donors (Lipinski definition) is 2. The van der Waals surface area contributed by atoms with Gasteiger partial charge in [0.15, 0.2) is 0 Å². The second-order valence-electron chi connectivity index (χ2n) is 4.21. The molecule has 118 valence electrons. The maximum atomic E-state index is 12.2. The highest BCUT2D eigenvalue weighted by Crippen LogP contribution is 2.19. The van der Waals surface area contributed by atoms with Gasteiger partial charge in [0.2, 0.25) is 20.0 Å². The summed E-state index contributed by atoms with van der Waals surface area (Å²) in [6, 6.07) is 3.27. The molecule has 1 aromatic carbocycles. The van der Waals surface area contributed by atoms with Crippen molar-refractivity contribution in [2.75, 3.05) is 14.1 Å². The molecule has 8 nitrogen and oxygen atoms in total. The molecule has 1 aromatic rings. The molecule has 1 rings (SSSR count). The Balaban J connectivity index is 3.20. The SMILES string of the molecule is CNS(=O)(=O)c1ccc(S(=O)(=O)N(C)C(C)C(=O)O)cc1. The average molecular weight is 336 g/mol. The summed E-state index contributed by atoms with van der Waals surface area (Å²) in [5.74, 6) is -1.28. The topological polar surface area (TPSA) is 121 Å². The van der Waals surface area contributed by atoms with Crippen LogP contribution >= 0.6 is 0 Å². The van der Waals surface area contributed by atoms with Crippen LogP contribution in [0.1, 0.15) is 6.92 Å². The van der Waals surface area contributed by atoms with E-state index in [2.05, 4.69) is 4.72 Å². The van der Waals surface area contributed by atoms with Crippen LogP contribution in [0.2, 0.25) is 0 Å². The van der Waals surface area contributed by atoms with E-state index in [1.54, 1.807) is 0 Å². The van der Waals surface area contributed by atoms with Gasteiger partial charge in [-0.25, -0.2) is 21.6 Å². The summed E-state index contributed by atoms with van der Waals surface area (Å²) in [5, 5.41) is 8.85. The van der Waals surface area contributed by atoms with Gasteiger partial charge in [0.1, 0.15) is 6.04 Å². The number of nitrogens with zero attached hydrogens (tertiary/aromatic N) is 1. The first kappa shape index (κ1) is 17.6. The molecule has 0 amide bonds. The van der Waals surface area contributed by atoms with Gasteiger partial charge in [-0.3, -0.25) is 4.79 Å². The Morgan fingerprint density at radius 1 is 1.14 bits per heavy atom. The number of carboxylic acid groups (broad SMARTS) is 1. The van der Waals surface area contributed by atoms with Crippen LogP contribution in [0, 0.1) is 0 Å². The predicted octanol–water partition coefficient (Wildman–Crippen LogP) is -0.312. The minimum absolute atomic E-state index is 0.0853. The van der Waals surface area contributed by atoms with Gasteiger partial charge < -0.3 is 5.11 Å². The molecule has 0 heterocycles. The van der Waals surface area contributed by atoms with Crippen LogP contribution in [0.15, 0.2) is 34.1 Å². The van der Waals surface area contributed by atoms with Crippen molar-refractivity contribution >= 4 is 26.0 Å². The Kier molecular flexibility index (Phi) is 5.10. The monoisotopic (exact) mass is 336 g/mol. The molecule has 0 aromatic heterocycles. The second kappa shape index (κ2) is 6.10. The largest absolute Gasteiger partial charge is 0.480 e. The van der Waals surface area contributed by atoms with E-state index in [1.165, 1.54) is 14.0 Å². The van der Waals surface area contributed by atoms with Gasteiger partial charge >= 0.3 is 5.97 Å². The molecule has 1 atom stereocenters. The van der Waals surface area contributed by atoms with Crippen LogP contribution in [0.5, 0.6) is 0 Å². The summed E-state index contributed by atoms with van der Waals surface area (Å²) in [4.78, 5) is 10.6. The molecule has 21 heavy (non-hydrogen) atoms. The fourth-order valence-corrected chi connectivity index (χ4v) is 3.49. The van der Waals surface area contributed by atoms with Crippen molar-refractivity contribution in [2.45, 2.75) is 22.8 Å². The Morgan fingerprint density at radius 3 is 1.95 bits per heavy atom. The number of likely N-dealkylation sites (N-methyl/N-ethyl adjacent to an activating group) is 1.